The topological polar surface area (TPSA) is 80.2 Å². The second-order valence-corrected chi connectivity index (χ2v) is 8.58. The predicted octanol–water partition coefficient (Wildman–Crippen LogP) is 4.54. The number of aromatic nitrogens is 3. The Labute approximate surface area is 186 Å². The first-order chi connectivity index (χ1) is 15.2. The van der Waals surface area contributed by atoms with Gasteiger partial charge in [0.15, 0.2) is 0 Å². The Morgan fingerprint density at radius 1 is 1.23 bits per heavy atom. The number of likely N-dealkylation sites (tertiary alicyclic amines) is 1. The van der Waals surface area contributed by atoms with E-state index in [2.05, 4.69) is 22.4 Å². The summed E-state index contributed by atoms with van der Waals surface area (Å²) in [7, 11) is 1.65. The molecule has 1 saturated heterocycles. The molecule has 1 aromatic carbocycles. The number of hydrogen-bond donors (Lipinski definition) is 1. The van der Waals surface area contributed by atoms with E-state index in [4.69, 9.17) is 9.72 Å². The van der Waals surface area contributed by atoms with E-state index in [1.54, 1.807) is 7.11 Å². The third-order valence-electron chi connectivity index (χ3n) is 5.48. The number of carbonyl (C=O) groups is 1. The van der Waals surface area contributed by atoms with Gasteiger partial charge in [0, 0.05) is 13.0 Å². The van der Waals surface area contributed by atoms with Gasteiger partial charge in [-0.2, -0.15) is 0 Å². The first kappa shape index (κ1) is 21.2. The highest BCUT2D eigenvalue weighted by atomic mass is 32.1. The van der Waals surface area contributed by atoms with Crippen molar-refractivity contribution < 1.29 is 9.53 Å². The third kappa shape index (κ3) is 5.19. The van der Waals surface area contributed by atoms with Crippen LogP contribution in [0.2, 0.25) is 0 Å². The van der Waals surface area contributed by atoms with Crippen LogP contribution >= 0.6 is 11.3 Å². The summed E-state index contributed by atoms with van der Waals surface area (Å²) in [5.74, 6) is 1.73. The van der Waals surface area contributed by atoms with Crippen LogP contribution in [0.15, 0.2) is 42.5 Å². The zero-order valence-electron chi connectivity index (χ0n) is 17.9. The number of benzene rings is 1. The number of rotatable bonds is 8. The summed E-state index contributed by atoms with van der Waals surface area (Å²) < 4.78 is 5.20. The van der Waals surface area contributed by atoms with Crippen molar-refractivity contribution in [1.82, 2.24) is 20.1 Å². The Morgan fingerprint density at radius 2 is 2.06 bits per heavy atom. The van der Waals surface area contributed by atoms with Gasteiger partial charge in [-0.15, -0.1) is 10.2 Å². The van der Waals surface area contributed by atoms with Gasteiger partial charge in [0.1, 0.15) is 16.6 Å². The van der Waals surface area contributed by atoms with Gasteiger partial charge >= 0.3 is 0 Å². The van der Waals surface area contributed by atoms with Gasteiger partial charge in [-0.3, -0.25) is 4.79 Å². The van der Waals surface area contributed by atoms with E-state index < -0.39 is 0 Å². The molecule has 1 fully saturated rings. The van der Waals surface area contributed by atoms with E-state index >= 15 is 0 Å². The summed E-state index contributed by atoms with van der Waals surface area (Å²) in [4.78, 5) is 19.7. The van der Waals surface area contributed by atoms with Crippen LogP contribution in [0.5, 0.6) is 5.75 Å². The van der Waals surface area contributed by atoms with E-state index in [9.17, 15) is 4.79 Å². The molecule has 8 heteroatoms. The monoisotopic (exact) mass is 437 g/mol. The van der Waals surface area contributed by atoms with Gasteiger partial charge in [0.2, 0.25) is 11.0 Å². The van der Waals surface area contributed by atoms with E-state index in [1.807, 2.05) is 47.4 Å². The first-order valence-electron chi connectivity index (χ1n) is 10.6. The predicted molar refractivity (Wildman–Crippen MR) is 122 cm³/mol. The molecule has 31 heavy (non-hydrogen) atoms. The molecular weight excluding hydrogens is 410 g/mol. The van der Waals surface area contributed by atoms with Crippen molar-refractivity contribution in [2.45, 2.75) is 45.1 Å². The second kappa shape index (κ2) is 9.87. The fourth-order valence-electron chi connectivity index (χ4n) is 3.82. The number of nitrogens with zero attached hydrogens (tertiary/aromatic N) is 4. The molecule has 1 aliphatic rings. The lowest BCUT2D eigenvalue weighted by Crippen LogP contribution is -2.31. The summed E-state index contributed by atoms with van der Waals surface area (Å²) in [6, 6.07) is 13.8. The molecule has 7 nitrogen and oxygen atoms in total. The summed E-state index contributed by atoms with van der Waals surface area (Å²) >= 11 is 1.53. The fraction of sp³-hybridized carbons (Fsp3) is 0.391. The molecule has 4 rings (SSSR count). The molecule has 0 bridgehead atoms. The lowest BCUT2D eigenvalue weighted by molar-refractivity contribution is -0.132. The number of amides is 1. The largest absolute Gasteiger partial charge is 0.497 e. The summed E-state index contributed by atoms with van der Waals surface area (Å²) in [6.45, 7) is 2.84. The quantitative estimate of drug-likeness (QED) is 0.557. The van der Waals surface area contributed by atoms with Crippen LogP contribution in [-0.4, -0.2) is 39.6 Å². The number of anilines is 2. The maximum atomic E-state index is 13.0. The van der Waals surface area contributed by atoms with Crippen molar-refractivity contribution in [2.24, 2.45) is 0 Å². The van der Waals surface area contributed by atoms with Crippen molar-refractivity contribution in [2.75, 3.05) is 19.0 Å². The average Bonchev–Trinajstić information content (AvgIpc) is 3.48. The van der Waals surface area contributed by atoms with Crippen LogP contribution in [0.4, 0.5) is 10.9 Å². The zero-order valence-corrected chi connectivity index (χ0v) is 18.7. The molecule has 162 valence electrons. The van der Waals surface area contributed by atoms with Gasteiger partial charge < -0.3 is 15.0 Å². The van der Waals surface area contributed by atoms with Crippen LogP contribution in [0, 0.1) is 0 Å². The molecule has 3 heterocycles. The molecule has 0 unspecified atom stereocenters. The van der Waals surface area contributed by atoms with Crippen molar-refractivity contribution in [3.05, 3.63) is 58.7 Å². The van der Waals surface area contributed by atoms with E-state index in [-0.39, 0.29) is 11.9 Å². The highest BCUT2D eigenvalue weighted by molar-refractivity contribution is 7.15. The molecule has 2 aromatic heterocycles. The Morgan fingerprint density at radius 3 is 2.81 bits per heavy atom. The molecule has 1 atom stereocenters. The van der Waals surface area contributed by atoms with Crippen LogP contribution in [0.3, 0.4) is 0 Å². The number of nitrogens with one attached hydrogen (secondary N) is 1. The minimum atomic E-state index is 0.0192. The van der Waals surface area contributed by atoms with Gasteiger partial charge in [-0.05, 0) is 55.5 Å². The molecule has 0 saturated carbocycles. The maximum absolute atomic E-state index is 13.0. The molecule has 3 aromatic rings. The SMILES string of the molecule is CCc1nnc(Nc2cccc([C@@H]3CCCN3C(=O)CCc3ccc(OC)cc3)n2)s1. The lowest BCUT2D eigenvalue weighted by Gasteiger charge is -2.25. The molecular formula is C23H27N5O2S. The van der Waals surface area contributed by atoms with Gasteiger partial charge in [0.05, 0.1) is 18.8 Å². The van der Waals surface area contributed by atoms with Crippen LogP contribution in [0.25, 0.3) is 0 Å². The standard InChI is InChI=1S/C23H27N5O2S/c1-3-21-26-27-23(31-21)25-20-8-4-6-18(24-20)19-7-5-15-28(19)22(29)14-11-16-9-12-17(30-2)13-10-16/h4,6,8-10,12-13,19H,3,5,7,11,14-15H2,1-2H3,(H,24,25,27)/t19-/m0/s1. The molecule has 0 aliphatic carbocycles. The Balaban J connectivity index is 1.40. The molecule has 1 N–H and O–H groups in total. The number of aryl methyl sites for hydroxylation is 2. The molecule has 1 aliphatic heterocycles. The molecule has 0 spiro atoms. The minimum absolute atomic E-state index is 0.0192. The minimum Gasteiger partial charge on any atom is -0.497 e. The number of pyridine rings is 1. The summed E-state index contributed by atoms with van der Waals surface area (Å²) in [5.41, 5.74) is 2.05. The Hall–Kier alpha value is -3.00. The Kier molecular flexibility index (Phi) is 6.76. The van der Waals surface area contributed by atoms with Gasteiger partial charge in [-0.25, -0.2) is 4.98 Å². The maximum Gasteiger partial charge on any atom is 0.223 e. The first-order valence-corrected chi connectivity index (χ1v) is 11.5. The van der Waals surface area contributed by atoms with Gasteiger partial charge in [-0.1, -0.05) is 36.5 Å². The number of carbonyl (C=O) groups excluding carboxylic acids is 1. The van der Waals surface area contributed by atoms with E-state index in [1.165, 1.54) is 11.3 Å². The zero-order chi connectivity index (χ0) is 21.6. The summed E-state index contributed by atoms with van der Waals surface area (Å²) in [6.07, 6.45) is 4.00. The number of ether oxygens (including phenoxy) is 1. The van der Waals surface area contributed by atoms with Crippen molar-refractivity contribution >= 4 is 28.2 Å². The highest BCUT2D eigenvalue weighted by Crippen LogP contribution is 2.32. The highest BCUT2D eigenvalue weighted by Gasteiger charge is 2.30. The van der Waals surface area contributed by atoms with Crippen molar-refractivity contribution in [1.29, 1.82) is 0 Å². The number of hydrogen-bond acceptors (Lipinski definition) is 7. The van der Waals surface area contributed by atoms with Crippen LogP contribution in [0.1, 0.15) is 48.5 Å². The number of methoxy groups -OCH3 is 1. The second-order valence-electron chi connectivity index (χ2n) is 7.52. The average molecular weight is 438 g/mol. The summed E-state index contributed by atoms with van der Waals surface area (Å²) in [5, 5.41) is 13.3. The van der Waals surface area contributed by atoms with Crippen LogP contribution in [-0.2, 0) is 17.6 Å². The third-order valence-corrected chi connectivity index (χ3v) is 6.46. The van der Waals surface area contributed by atoms with E-state index in [0.717, 1.165) is 65.2 Å². The molecule has 0 radical (unpaired) electrons. The lowest BCUT2D eigenvalue weighted by atomic mass is 10.1. The van der Waals surface area contributed by atoms with Crippen LogP contribution < -0.4 is 10.1 Å². The normalized spacial score (nSPS) is 15.8. The Bertz CT molecular complexity index is 1020. The smallest absolute Gasteiger partial charge is 0.223 e. The fourth-order valence-corrected chi connectivity index (χ4v) is 4.51. The van der Waals surface area contributed by atoms with Gasteiger partial charge in [0.25, 0.3) is 0 Å². The van der Waals surface area contributed by atoms with Crippen molar-refractivity contribution in [3.63, 3.8) is 0 Å². The van der Waals surface area contributed by atoms with E-state index in [0.29, 0.717) is 6.42 Å². The molecule has 1 amide bonds. The van der Waals surface area contributed by atoms with Crippen molar-refractivity contribution in [3.8, 4) is 5.75 Å².